The molecule has 1 unspecified atom stereocenters. The first-order valence-corrected chi connectivity index (χ1v) is 14.8. The van der Waals surface area contributed by atoms with Crippen molar-refractivity contribution < 1.29 is 14.5 Å². The quantitative estimate of drug-likeness (QED) is 0.324. The van der Waals surface area contributed by atoms with E-state index in [1.807, 2.05) is 18.7 Å². The molecule has 1 aromatic heterocycles. The van der Waals surface area contributed by atoms with E-state index in [9.17, 15) is 19.7 Å². The van der Waals surface area contributed by atoms with Crippen molar-refractivity contribution in [2.24, 2.45) is 10.8 Å². The number of amides is 2. The van der Waals surface area contributed by atoms with E-state index in [1.54, 1.807) is 36.5 Å². The fraction of sp³-hybridized carbons (Fsp3) is 0.552. The van der Waals surface area contributed by atoms with Gasteiger partial charge in [0.2, 0.25) is 0 Å². The van der Waals surface area contributed by atoms with Crippen molar-refractivity contribution in [3.05, 3.63) is 56.3 Å². The molecule has 2 saturated heterocycles. The lowest BCUT2D eigenvalue weighted by molar-refractivity contribution is -0.384. The number of hydrogen-bond acceptors (Lipinski definition) is 7. The Bertz CT molecular complexity index is 1320. The van der Waals surface area contributed by atoms with Crippen molar-refractivity contribution in [3.63, 3.8) is 0 Å². The van der Waals surface area contributed by atoms with Crippen LogP contribution in [0.25, 0.3) is 0 Å². The summed E-state index contributed by atoms with van der Waals surface area (Å²) < 4.78 is 0.483. The molecule has 3 fully saturated rings. The van der Waals surface area contributed by atoms with Crippen molar-refractivity contribution in [1.82, 2.24) is 14.8 Å². The molecular formula is C29H37BrN6O4. The summed E-state index contributed by atoms with van der Waals surface area (Å²) in [6, 6.07) is 4.56. The Morgan fingerprint density at radius 2 is 1.75 bits per heavy atom. The molecule has 2 aliphatic heterocycles. The Balaban J connectivity index is 1.40. The first kappa shape index (κ1) is 28.3. The summed E-state index contributed by atoms with van der Waals surface area (Å²) in [4.78, 5) is 46.7. The molecule has 2 aromatic rings. The zero-order valence-electron chi connectivity index (χ0n) is 23.3. The second-order valence-corrected chi connectivity index (χ2v) is 13.1. The van der Waals surface area contributed by atoms with Crippen LogP contribution in [0, 0.1) is 20.9 Å². The molecule has 1 spiro atoms. The van der Waals surface area contributed by atoms with Gasteiger partial charge in [0, 0.05) is 61.6 Å². The van der Waals surface area contributed by atoms with Gasteiger partial charge in [-0.15, -0.1) is 0 Å². The van der Waals surface area contributed by atoms with Crippen LogP contribution in [0.1, 0.15) is 73.1 Å². The molecule has 10 nitrogen and oxygen atoms in total. The first-order chi connectivity index (χ1) is 19.0. The molecule has 3 aliphatic rings. The number of pyridine rings is 1. The number of aromatic nitrogens is 1. The molecule has 1 aliphatic carbocycles. The summed E-state index contributed by atoms with van der Waals surface area (Å²) in [6.45, 7) is 6.17. The number of hydrogen-bond donors (Lipinski definition) is 2. The monoisotopic (exact) mass is 612 g/mol. The third-order valence-electron chi connectivity index (χ3n) is 9.11. The van der Waals surface area contributed by atoms with Gasteiger partial charge in [-0.05, 0) is 43.2 Å². The predicted molar refractivity (Wildman–Crippen MR) is 158 cm³/mol. The van der Waals surface area contributed by atoms with E-state index in [0.29, 0.717) is 41.6 Å². The standard InChI is InChI=1S/C29H37BrN6O4/c1-28(2)18-35(26(37)19-12-21(31-3)16-32-15-19)17-24(28)33-25-22(13-20(30)14-23(25)36(39)40)27(38)34-10-8-29(9-11-34)6-4-5-7-29/h12-16,24,31,33H,4-11,17-18H2,1-3H3. The number of carbonyl (C=O) groups excluding carboxylic acids is 2. The average Bonchev–Trinajstić information content (AvgIpc) is 3.52. The number of halogens is 1. The molecule has 5 rings (SSSR count). The van der Waals surface area contributed by atoms with Gasteiger partial charge in [-0.2, -0.15) is 0 Å². The van der Waals surface area contributed by atoms with Crippen LogP contribution >= 0.6 is 15.9 Å². The van der Waals surface area contributed by atoms with Gasteiger partial charge in [-0.1, -0.05) is 42.6 Å². The summed E-state index contributed by atoms with van der Waals surface area (Å²) in [5.41, 5.74) is 1.50. The molecule has 3 heterocycles. The molecule has 0 radical (unpaired) electrons. The minimum Gasteiger partial charge on any atom is -0.387 e. The largest absolute Gasteiger partial charge is 0.387 e. The number of carbonyl (C=O) groups is 2. The van der Waals surface area contributed by atoms with Gasteiger partial charge in [-0.25, -0.2) is 0 Å². The SMILES string of the molecule is CNc1cncc(C(=O)N2CC(Nc3c(C(=O)N4CCC5(CCCC5)CC4)cc(Br)cc3[N+](=O)[O-])C(C)(C)C2)c1. The smallest absolute Gasteiger partial charge is 0.294 e. The highest BCUT2D eigenvalue weighted by Crippen LogP contribution is 2.47. The molecule has 214 valence electrons. The molecule has 40 heavy (non-hydrogen) atoms. The normalized spacial score (nSPS) is 21.4. The van der Waals surface area contributed by atoms with E-state index in [4.69, 9.17) is 0 Å². The number of nitrogens with one attached hydrogen (secondary N) is 2. The van der Waals surface area contributed by atoms with Crippen LogP contribution in [0.3, 0.4) is 0 Å². The van der Waals surface area contributed by atoms with Gasteiger partial charge in [0.05, 0.1) is 27.8 Å². The van der Waals surface area contributed by atoms with Crippen molar-refractivity contribution in [1.29, 1.82) is 0 Å². The van der Waals surface area contributed by atoms with E-state index >= 15 is 0 Å². The molecule has 1 saturated carbocycles. The summed E-state index contributed by atoms with van der Waals surface area (Å²) in [7, 11) is 1.77. The van der Waals surface area contributed by atoms with Gasteiger partial charge in [0.1, 0.15) is 5.69 Å². The molecular weight excluding hydrogens is 576 g/mol. The Kier molecular flexibility index (Phi) is 7.78. The number of nitro groups is 1. The van der Waals surface area contributed by atoms with Crippen LogP contribution < -0.4 is 10.6 Å². The van der Waals surface area contributed by atoms with E-state index in [0.717, 1.165) is 18.5 Å². The zero-order chi connectivity index (χ0) is 28.7. The third-order valence-corrected chi connectivity index (χ3v) is 9.57. The topological polar surface area (TPSA) is 121 Å². The Morgan fingerprint density at radius 1 is 1.05 bits per heavy atom. The van der Waals surface area contributed by atoms with E-state index in [2.05, 4.69) is 31.5 Å². The van der Waals surface area contributed by atoms with Crippen molar-refractivity contribution in [2.45, 2.75) is 58.4 Å². The first-order valence-electron chi connectivity index (χ1n) is 14.0. The van der Waals surface area contributed by atoms with Crippen LogP contribution in [-0.2, 0) is 0 Å². The molecule has 11 heteroatoms. The summed E-state index contributed by atoms with van der Waals surface area (Å²) in [5, 5.41) is 18.6. The molecule has 2 amide bonds. The summed E-state index contributed by atoms with van der Waals surface area (Å²) in [6.07, 6.45) is 10.1. The number of anilines is 2. The number of piperidine rings is 1. The highest BCUT2D eigenvalue weighted by molar-refractivity contribution is 9.10. The van der Waals surface area contributed by atoms with Gasteiger partial charge in [0.25, 0.3) is 17.5 Å². The second-order valence-electron chi connectivity index (χ2n) is 12.2. The maximum Gasteiger partial charge on any atom is 0.294 e. The van der Waals surface area contributed by atoms with Crippen LogP contribution in [-0.4, -0.2) is 70.8 Å². The van der Waals surface area contributed by atoms with Crippen molar-refractivity contribution in [2.75, 3.05) is 43.9 Å². The molecule has 0 bridgehead atoms. The minimum atomic E-state index is -0.451. The predicted octanol–water partition coefficient (Wildman–Crippen LogP) is 5.55. The average molecular weight is 614 g/mol. The van der Waals surface area contributed by atoms with Crippen LogP contribution in [0.4, 0.5) is 17.1 Å². The number of rotatable bonds is 6. The Morgan fingerprint density at radius 3 is 2.40 bits per heavy atom. The van der Waals surface area contributed by atoms with E-state index < -0.39 is 10.3 Å². The van der Waals surface area contributed by atoms with E-state index in [1.165, 1.54) is 31.7 Å². The number of benzene rings is 1. The lowest BCUT2D eigenvalue weighted by Gasteiger charge is -2.39. The lowest BCUT2D eigenvalue weighted by Crippen LogP contribution is -2.43. The number of nitrogens with zero attached hydrogens (tertiary/aromatic N) is 4. The van der Waals surface area contributed by atoms with Gasteiger partial charge in [-0.3, -0.25) is 24.7 Å². The fourth-order valence-electron chi connectivity index (χ4n) is 6.62. The van der Waals surface area contributed by atoms with Crippen molar-refractivity contribution >= 4 is 44.8 Å². The Hall–Kier alpha value is -3.21. The van der Waals surface area contributed by atoms with Gasteiger partial charge >= 0.3 is 0 Å². The zero-order valence-corrected chi connectivity index (χ0v) is 24.9. The number of likely N-dealkylation sites (tertiary alicyclic amines) is 2. The van der Waals surface area contributed by atoms with Crippen LogP contribution in [0.15, 0.2) is 35.1 Å². The maximum absolute atomic E-state index is 13.9. The van der Waals surface area contributed by atoms with Crippen LogP contribution in [0.2, 0.25) is 0 Å². The lowest BCUT2D eigenvalue weighted by atomic mass is 9.77. The maximum atomic E-state index is 13.9. The molecule has 1 aromatic carbocycles. The highest BCUT2D eigenvalue weighted by atomic mass is 79.9. The molecule has 1 atom stereocenters. The summed E-state index contributed by atoms with van der Waals surface area (Å²) >= 11 is 3.39. The van der Waals surface area contributed by atoms with Crippen LogP contribution in [0.5, 0.6) is 0 Å². The second kappa shape index (κ2) is 11.0. The minimum absolute atomic E-state index is 0.155. The van der Waals surface area contributed by atoms with Gasteiger partial charge < -0.3 is 20.4 Å². The third kappa shape index (κ3) is 5.53. The fourth-order valence-corrected chi connectivity index (χ4v) is 7.06. The highest BCUT2D eigenvalue weighted by Gasteiger charge is 2.44. The van der Waals surface area contributed by atoms with E-state index in [-0.39, 0.29) is 34.8 Å². The van der Waals surface area contributed by atoms with Crippen molar-refractivity contribution in [3.8, 4) is 0 Å². The Labute approximate surface area is 243 Å². The summed E-state index contributed by atoms with van der Waals surface area (Å²) in [5.74, 6) is -0.351. The van der Waals surface area contributed by atoms with Gasteiger partial charge in [0.15, 0.2) is 0 Å². The molecule has 2 N–H and O–H groups in total. The number of nitro benzene ring substituents is 1.